The summed E-state index contributed by atoms with van der Waals surface area (Å²) in [5.41, 5.74) is 0. The number of carbonyl (C=O) groups excluding carboxylic acids is 1. The van der Waals surface area contributed by atoms with E-state index < -0.39 is 12.1 Å². The molecule has 2 saturated heterocycles. The molecular weight excluding hydrogens is 252 g/mol. The Bertz CT molecular complexity index is 343. The molecule has 0 spiro atoms. The molecule has 19 heavy (non-hydrogen) atoms. The Labute approximate surface area is 111 Å². The van der Waals surface area contributed by atoms with Gasteiger partial charge in [0.2, 0.25) is 5.91 Å². The number of carboxylic acids is 1. The molecule has 0 aliphatic carbocycles. The quantitative estimate of drug-likeness (QED) is 0.665. The summed E-state index contributed by atoms with van der Waals surface area (Å²) in [7, 11) is 0. The van der Waals surface area contributed by atoms with Gasteiger partial charge in [-0.3, -0.25) is 14.5 Å². The van der Waals surface area contributed by atoms with Gasteiger partial charge in [0.15, 0.2) is 0 Å². The lowest BCUT2D eigenvalue weighted by molar-refractivity contribution is -0.140. The number of rotatable bonds is 4. The highest BCUT2D eigenvalue weighted by atomic mass is 16.5. The minimum atomic E-state index is -0.974. The molecule has 0 bridgehead atoms. The van der Waals surface area contributed by atoms with Gasteiger partial charge in [-0.2, -0.15) is 0 Å². The molecule has 2 heterocycles. The van der Waals surface area contributed by atoms with Gasteiger partial charge in [-0.1, -0.05) is 0 Å². The zero-order valence-electron chi connectivity index (χ0n) is 10.8. The first-order valence-electron chi connectivity index (χ1n) is 6.57. The van der Waals surface area contributed by atoms with Crippen molar-refractivity contribution in [2.24, 2.45) is 0 Å². The molecule has 2 aliphatic heterocycles. The highest BCUT2D eigenvalue weighted by Gasteiger charge is 2.37. The Morgan fingerprint density at radius 2 is 1.84 bits per heavy atom. The molecule has 2 fully saturated rings. The second-order valence-electron chi connectivity index (χ2n) is 4.98. The van der Waals surface area contributed by atoms with E-state index in [0.29, 0.717) is 26.3 Å². The van der Waals surface area contributed by atoms with Crippen molar-refractivity contribution in [3.63, 3.8) is 0 Å². The molecule has 7 nitrogen and oxygen atoms in total. The predicted molar refractivity (Wildman–Crippen MR) is 65.6 cm³/mol. The van der Waals surface area contributed by atoms with Crippen molar-refractivity contribution in [3.8, 4) is 0 Å². The van der Waals surface area contributed by atoms with Crippen LogP contribution in [0, 0.1) is 0 Å². The molecule has 0 unspecified atom stereocenters. The second-order valence-corrected chi connectivity index (χ2v) is 4.98. The number of morpholine rings is 1. The number of carbonyl (C=O) groups is 2. The van der Waals surface area contributed by atoms with Gasteiger partial charge in [0, 0.05) is 32.6 Å². The maximum atomic E-state index is 11.8. The molecular formula is C12H20N2O5. The van der Waals surface area contributed by atoms with Crippen LogP contribution < -0.4 is 0 Å². The van der Waals surface area contributed by atoms with Crippen LogP contribution in [-0.2, 0) is 14.3 Å². The van der Waals surface area contributed by atoms with Crippen LogP contribution in [0.15, 0.2) is 0 Å². The summed E-state index contributed by atoms with van der Waals surface area (Å²) in [4.78, 5) is 26.0. The van der Waals surface area contributed by atoms with Crippen LogP contribution in [0.25, 0.3) is 0 Å². The number of carboxylic acid groups (broad SMARTS) is 1. The van der Waals surface area contributed by atoms with Crippen molar-refractivity contribution in [2.45, 2.75) is 25.0 Å². The summed E-state index contributed by atoms with van der Waals surface area (Å²) in [5, 5.41) is 18.6. The first-order valence-corrected chi connectivity index (χ1v) is 6.57. The van der Waals surface area contributed by atoms with Gasteiger partial charge in [0.25, 0.3) is 0 Å². The molecule has 2 aliphatic rings. The molecule has 108 valence electrons. The van der Waals surface area contributed by atoms with Crippen molar-refractivity contribution in [2.75, 3.05) is 39.4 Å². The van der Waals surface area contributed by atoms with Crippen LogP contribution in [0.4, 0.5) is 0 Å². The van der Waals surface area contributed by atoms with Gasteiger partial charge in [0.05, 0.1) is 31.8 Å². The van der Waals surface area contributed by atoms with Crippen LogP contribution in [0.5, 0.6) is 0 Å². The topological polar surface area (TPSA) is 90.3 Å². The molecule has 0 radical (unpaired) electrons. The van der Waals surface area contributed by atoms with Crippen molar-refractivity contribution >= 4 is 11.9 Å². The molecule has 1 amide bonds. The van der Waals surface area contributed by atoms with Gasteiger partial charge in [-0.05, 0) is 0 Å². The number of aliphatic carboxylic acids is 1. The fourth-order valence-electron chi connectivity index (χ4n) is 2.61. The van der Waals surface area contributed by atoms with Crippen LogP contribution in [0.3, 0.4) is 0 Å². The maximum Gasteiger partial charge on any atom is 0.303 e. The highest BCUT2D eigenvalue weighted by molar-refractivity contribution is 5.81. The van der Waals surface area contributed by atoms with E-state index in [0.717, 1.165) is 13.1 Å². The molecule has 0 aromatic carbocycles. The number of ether oxygens (including phenoxy) is 1. The second kappa shape index (κ2) is 6.31. The third-order valence-electron chi connectivity index (χ3n) is 3.68. The van der Waals surface area contributed by atoms with Crippen molar-refractivity contribution < 1.29 is 24.5 Å². The first kappa shape index (κ1) is 14.2. The molecule has 2 atom stereocenters. The smallest absolute Gasteiger partial charge is 0.303 e. The van der Waals surface area contributed by atoms with Crippen molar-refractivity contribution in [3.05, 3.63) is 0 Å². The monoisotopic (exact) mass is 272 g/mol. The summed E-state index contributed by atoms with van der Waals surface area (Å²) in [6.45, 7) is 3.59. The van der Waals surface area contributed by atoms with Crippen LogP contribution in [0.2, 0.25) is 0 Å². The average molecular weight is 272 g/mol. The number of nitrogens with zero attached hydrogens (tertiary/aromatic N) is 2. The van der Waals surface area contributed by atoms with Crippen molar-refractivity contribution in [1.82, 2.24) is 9.80 Å². The third kappa shape index (κ3) is 3.65. The standard InChI is InChI=1S/C12H20N2O5/c15-10-8-14(11(16)1-2-12(17)18)7-9(10)13-3-5-19-6-4-13/h9-10,15H,1-8H2,(H,17,18)/t9-,10-/m0/s1. The summed E-state index contributed by atoms with van der Waals surface area (Å²) in [6.07, 6.45) is -0.724. The first-order chi connectivity index (χ1) is 9.08. The number of likely N-dealkylation sites (tertiary alicyclic amines) is 1. The van der Waals surface area contributed by atoms with Crippen LogP contribution in [-0.4, -0.2) is 83.4 Å². The van der Waals surface area contributed by atoms with Gasteiger partial charge < -0.3 is 19.8 Å². The number of hydrogen-bond acceptors (Lipinski definition) is 5. The Morgan fingerprint density at radius 3 is 2.47 bits per heavy atom. The molecule has 2 N–H and O–H groups in total. The zero-order valence-corrected chi connectivity index (χ0v) is 10.8. The Morgan fingerprint density at radius 1 is 1.16 bits per heavy atom. The number of amides is 1. The van der Waals surface area contributed by atoms with Crippen LogP contribution in [0.1, 0.15) is 12.8 Å². The number of aliphatic hydroxyl groups excluding tert-OH is 1. The fraction of sp³-hybridized carbons (Fsp3) is 0.833. The number of hydrogen-bond donors (Lipinski definition) is 2. The summed E-state index contributed by atoms with van der Waals surface area (Å²) in [6, 6.07) is -0.0577. The van der Waals surface area contributed by atoms with E-state index in [-0.39, 0.29) is 24.8 Å². The highest BCUT2D eigenvalue weighted by Crippen LogP contribution is 2.18. The van der Waals surface area contributed by atoms with E-state index in [9.17, 15) is 14.7 Å². The lowest BCUT2D eigenvalue weighted by Gasteiger charge is -2.33. The van der Waals surface area contributed by atoms with Gasteiger partial charge in [-0.15, -0.1) is 0 Å². The lowest BCUT2D eigenvalue weighted by Crippen LogP contribution is -2.49. The number of β-amino-alcohol motifs (C(OH)–C–C–N with tert-alkyl or cyclic N) is 1. The molecule has 0 aromatic rings. The molecule has 0 aromatic heterocycles. The molecule has 0 saturated carbocycles. The Kier molecular flexibility index (Phi) is 4.73. The third-order valence-corrected chi connectivity index (χ3v) is 3.68. The summed E-state index contributed by atoms with van der Waals surface area (Å²) in [5.74, 6) is -1.17. The predicted octanol–water partition coefficient (Wildman–Crippen LogP) is -1.24. The maximum absolute atomic E-state index is 11.8. The SMILES string of the molecule is O=C(O)CCC(=O)N1C[C@H](O)[C@@H](N2CCOCC2)C1. The van der Waals surface area contributed by atoms with Crippen LogP contribution >= 0.6 is 0 Å². The van der Waals surface area contributed by atoms with Gasteiger partial charge >= 0.3 is 5.97 Å². The number of aliphatic hydroxyl groups is 1. The van der Waals surface area contributed by atoms with Gasteiger partial charge in [-0.25, -0.2) is 0 Å². The van der Waals surface area contributed by atoms with E-state index in [1.807, 2.05) is 0 Å². The average Bonchev–Trinajstić information content (AvgIpc) is 2.79. The van der Waals surface area contributed by atoms with E-state index in [4.69, 9.17) is 9.84 Å². The minimum absolute atomic E-state index is 0.00210. The zero-order chi connectivity index (χ0) is 13.8. The largest absolute Gasteiger partial charge is 0.481 e. The Hall–Kier alpha value is -1.18. The Balaban J connectivity index is 1.85. The fourth-order valence-corrected chi connectivity index (χ4v) is 2.61. The lowest BCUT2D eigenvalue weighted by atomic mass is 10.1. The van der Waals surface area contributed by atoms with E-state index in [1.54, 1.807) is 4.90 Å². The molecule has 7 heteroatoms. The summed E-state index contributed by atoms with van der Waals surface area (Å²) < 4.78 is 5.26. The van der Waals surface area contributed by atoms with Crippen molar-refractivity contribution in [1.29, 1.82) is 0 Å². The molecule has 2 rings (SSSR count). The van der Waals surface area contributed by atoms with Gasteiger partial charge in [0.1, 0.15) is 0 Å². The van der Waals surface area contributed by atoms with E-state index >= 15 is 0 Å². The van der Waals surface area contributed by atoms with E-state index in [2.05, 4.69) is 4.90 Å². The normalized spacial score (nSPS) is 28.6. The summed E-state index contributed by atoms with van der Waals surface area (Å²) >= 11 is 0. The van der Waals surface area contributed by atoms with E-state index in [1.165, 1.54) is 0 Å². The minimum Gasteiger partial charge on any atom is -0.481 e.